The fourth-order valence-electron chi connectivity index (χ4n) is 6.06. The van der Waals surface area contributed by atoms with E-state index in [2.05, 4.69) is 10.9 Å². The van der Waals surface area contributed by atoms with Gasteiger partial charge in [0.2, 0.25) is 0 Å². The fraction of sp³-hybridized carbons (Fsp3) is 0.680. The number of hydrazine groups is 1. The van der Waals surface area contributed by atoms with Crippen molar-refractivity contribution in [2.75, 3.05) is 0 Å². The number of amides is 2. The van der Waals surface area contributed by atoms with E-state index in [0.29, 0.717) is 0 Å². The van der Waals surface area contributed by atoms with Crippen LogP contribution in [0.15, 0.2) is 24.3 Å². The zero-order chi connectivity index (χ0) is 24.0. The van der Waals surface area contributed by atoms with Crippen molar-refractivity contribution in [3.8, 4) is 0 Å². The third-order valence-corrected chi connectivity index (χ3v) is 7.75. The Bertz CT molecular complexity index is 978. The molecule has 5 fully saturated rings. The summed E-state index contributed by atoms with van der Waals surface area (Å²) in [6.45, 7) is 0. The average molecular weight is 491 g/mol. The molecule has 6 rings (SSSR count). The Kier molecular flexibility index (Phi) is 6.04. The normalized spacial score (nSPS) is 34.8. The zero-order valence-corrected chi connectivity index (χ0v) is 19.5. The van der Waals surface area contributed by atoms with Gasteiger partial charge in [-0.3, -0.25) is 20.4 Å². The van der Waals surface area contributed by atoms with E-state index >= 15 is 0 Å². The van der Waals surface area contributed by atoms with Crippen LogP contribution in [-0.4, -0.2) is 54.1 Å². The van der Waals surface area contributed by atoms with Gasteiger partial charge in [0.1, 0.15) is 24.1 Å². The Morgan fingerprint density at radius 1 is 0.800 bits per heavy atom. The summed E-state index contributed by atoms with van der Waals surface area (Å²) in [5.41, 5.74) is 4.83. The quantitative estimate of drug-likeness (QED) is 0.615. The van der Waals surface area contributed by atoms with Crippen LogP contribution in [0.5, 0.6) is 0 Å². The van der Waals surface area contributed by atoms with E-state index in [1.165, 1.54) is 18.2 Å². The predicted octanol–water partition coefficient (Wildman–Crippen LogP) is 2.83. The van der Waals surface area contributed by atoms with Crippen LogP contribution in [0.1, 0.15) is 74.6 Å². The van der Waals surface area contributed by atoms with Gasteiger partial charge in [0, 0.05) is 31.2 Å². The molecule has 35 heavy (non-hydrogen) atoms. The van der Waals surface area contributed by atoms with Crippen molar-refractivity contribution in [1.29, 1.82) is 0 Å². The van der Waals surface area contributed by atoms with Crippen LogP contribution in [0.3, 0.4) is 0 Å². The van der Waals surface area contributed by atoms with Crippen LogP contribution < -0.4 is 10.9 Å². The molecule has 3 aliphatic heterocycles. The number of rotatable bonds is 2. The number of hydrogen-bond acceptors (Lipinski definition) is 7. The van der Waals surface area contributed by atoms with Gasteiger partial charge in [-0.1, -0.05) is 18.9 Å². The summed E-state index contributed by atoms with van der Waals surface area (Å²) in [6.07, 6.45) is 5.69. The van der Waals surface area contributed by atoms with Crippen molar-refractivity contribution < 1.29 is 37.7 Å². The first-order valence-corrected chi connectivity index (χ1v) is 12.7. The van der Waals surface area contributed by atoms with Crippen molar-refractivity contribution in [3.63, 3.8) is 0 Å². The molecular formula is C25H31FN2O7. The number of halogens is 1. The highest BCUT2D eigenvalue weighted by Crippen LogP contribution is 2.50. The summed E-state index contributed by atoms with van der Waals surface area (Å²) in [7, 11) is 0. The molecule has 190 valence electrons. The molecule has 5 aliphatic rings. The second kappa shape index (κ2) is 9.08. The van der Waals surface area contributed by atoms with Crippen molar-refractivity contribution in [3.05, 3.63) is 35.6 Å². The molecule has 5 atom stereocenters. The highest BCUT2D eigenvalue weighted by atomic mass is 19.1. The van der Waals surface area contributed by atoms with Gasteiger partial charge in [0.05, 0.1) is 0 Å². The molecule has 9 nitrogen and oxygen atoms in total. The molecule has 10 heteroatoms. The van der Waals surface area contributed by atoms with Crippen molar-refractivity contribution in [1.82, 2.24) is 10.9 Å². The number of hydrogen-bond donors (Lipinski definition) is 2. The van der Waals surface area contributed by atoms with Crippen LogP contribution >= 0.6 is 0 Å². The maximum Gasteiger partial charge on any atom is 0.270 e. The Hall–Kier alpha value is -2.11. The van der Waals surface area contributed by atoms with Crippen molar-refractivity contribution in [2.45, 2.75) is 106 Å². The van der Waals surface area contributed by atoms with E-state index in [4.69, 9.17) is 23.7 Å². The Morgan fingerprint density at radius 3 is 2.11 bits per heavy atom. The number of nitrogens with one attached hydrogen (secondary N) is 2. The van der Waals surface area contributed by atoms with E-state index in [1.54, 1.807) is 0 Å². The van der Waals surface area contributed by atoms with Crippen LogP contribution in [-0.2, 0) is 28.5 Å². The summed E-state index contributed by atoms with van der Waals surface area (Å²) in [5.74, 6) is -3.26. The Balaban J connectivity index is 1.20. The molecular weight excluding hydrogens is 459 g/mol. The summed E-state index contributed by atoms with van der Waals surface area (Å²) < 4.78 is 45.3. The second-order valence-corrected chi connectivity index (χ2v) is 10.2. The average Bonchev–Trinajstić information content (AvgIpc) is 3.40. The second-order valence-electron chi connectivity index (χ2n) is 10.2. The molecule has 3 heterocycles. The monoisotopic (exact) mass is 490 g/mol. The lowest BCUT2D eigenvalue weighted by molar-refractivity contribution is -0.247. The van der Waals surface area contributed by atoms with Crippen LogP contribution in [0, 0.1) is 5.82 Å². The first-order valence-electron chi connectivity index (χ1n) is 12.7. The standard InChI is InChI=1S/C25H31FN2O7/c26-16-9-7-8-15(14-16)21(29)27-28-22(30)19-17-18(33-24(32-17)10-3-1-4-11-24)20-23(31-19)35-25(34-20)12-5-2-6-13-25/h7-9,14,17-20,23H,1-6,10-13H2,(H,27,29)(H,28,30)/t17-,18+,19?,20-,23-/m1/s1. The van der Waals surface area contributed by atoms with Gasteiger partial charge < -0.3 is 23.7 Å². The van der Waals surface area contributed by atoms with Crippen LogP contribution in [0.4, 0.5) is 4.39 Å². The lowest BCUT2D eigenvalue weighted by Gasteiger charge is -2.36. The molecule has 0 radical (unpaired) electrons. The lowest BCUT2D eigenvalue weighted by atomic mass is 9.94. The van der Waals surface area contributed by atoms with Gasteiger partial charge >= 0.3 is 0 Å². The molecule has 0 bridgehead atoms. The summed E-state index contributed by atoms with van der Waals surface area (Å²) in [5, 5.41) is 0. The molecule has 1 aromatic rings. The minimum absolute atomic E-state index is 0.0844. The number of fused-ring (bicyclic) bond motifs is 3. The highest BCUT2D eigenvalue weighted by Gasteiger charge is 2.65. The molecule has 1 aromatic carbocycles. The van der Waals surface area contributed by atoms with Gasteiger partial charge in [0.15, 0.2) is 24.0 Å². The molecule has 3 saturated heterocycles. The number of ether oxygens (including phenoxy) is 5. The van der Waals surface area contributed by atoms with E-state index in [9.17, 15) is 14.0 Å². The third kappa shape index (κ3) is 4.35. The topological polar surface area (TPSA) is 104 Å². The predicted molar refractivity (Wildman–Crippen MR) is 118 cm³/mol. The maximum atomic E-state index is 13.5. The van der Waals surface area contributed by atoms with E-state index in [1.807, 2.05) is 0 Å². The summed E-state index contributed by atoms with van der Waals surface area (Å²) in [6, 6.07) is 5.21. The smallest absolute Gasteiger partial charge is 0.270 e. The molecule has 2 aliphatic carbocycles. The molecule has 2 amide bonds. The van der Waals surface area contributed by atoms with Crippen molar-refractivity contribution >= 4 is 11.8 Å². The largest absolute Gasteiger partial charge is 0.341 e. The van der Waals surface area contributed by atoms with Gasteiger partial charge in [-0.15, -0.1) is 0 Å². The number of carbonyl (C=O) groups excluding carboxylic acids is 2. The minimum atomic E-state index is -1.07. The highest BCUT2D eigenvalue weighted by molar-refractivity contribution is 5.95. The van der Waals surface area contributed by atoms with E-state index < -0.39 is 59.9 Å². The van der Waals surface area contributed by atoms with Gasteiger partial charge in [0.25, 0.3) is 11.8 Å². The SMILES string of the molecule is O=C(NNC(=O)C1O[C@@H]2OC3(CCCCC3)O[C@@H]2[C@H]2OC3(CCCCC3)O[C@@H]12)c1cccc(F)c1. The van der Waals surface area contributed by atoms with Crippen LogP contribution in [0.25, 0.3) is 0 Å². The van der Waals surface area contributed by atoms with E-state index in [-0.39, 0.29) is 5.56 Å². The maximum absolute atomic E-state index is 13.5. The van der Waals surface area contributed by atoms with Gasteiger partial charge in [-0.25, -0.2) is 4.39 Å². The van der Waals surface area contributed by atoms with Crippen LogP contribution in [0.2, 0.25) is 0 Å². The lowest BCUT2D eigenvalue weighted by Crippen LogP contribution is -2.61. The molecule has 2 saturated carbocycles. The molecule has 0 aromatic heterocycles. The Morgan fingerprint density at radius 2 is 1.43 bits per heavy atom. The minimum Gasteiger partial charge on any atom is -0.341 e. The first kappa shape index (κ1) is 23.3. The van der Waals surface area contributed by atoms with Gasteiger partial charge in [-0.05, 0) is 43.9 Å². The zero-order valence-electron chi connectivity index (χ0n) is 19.5. The third-order valence-electron chi connectivity index (χ3n) is 7.75. The number of benzene rings is 1. The fourth-order valence-corrected chi connectivity index (χ4v) is 6.06. The summed E-state index contributed by atoms with van der Waals surface area (Å²) >= 11 is 0. The summed E-state index contributed by atoms with van der Waals surface area (Å²) in [4.78, 5) is 25.6. The van der Waals surface area contributed by atoms with Crippen molar-refractivity contribution in [2.24, 2.45) is 0 Å². The van der Waals surface area contributed by atoms with Gasteiger partial charge in [-0.2, -0.15) is 0 Å². The number of carbonyl (C=O) groups is 2. The first-order chi connectivity index (χ1) is 17.0. The molecule has 2 N–H and O–H groups in total. The Labute approximate surface area is 202 Å². The molecule has 2 spiro atoms. The molecule has 1 unspecified atom stereocenters. The van der Waals surface area contributed by atoms with E-state index in [0.717, 1.165) is 70.3 Å².